The predicted molar refractivity (Wildman–Crippen MR) is 53.7 cm³/mol. The fourth-order valence-corrected chi connectivity index (χ4v) is 1.63. The number of benzene rings is 1. The molecule has 80 valence electrons. The van der Waals surface area contributed by atoms with Gasteiger partial charge < -0.3 is 0 Å². The van der Waals surface area contributed by atoms with Gasteiger partial charge in [0.05, 0.1) is 17.2 Å². The highest BCUT2D eigenvalue weighted by Crippen LogP contribution is 2.30. The van der Waals surface area contributed by atoms with E-state index in [0.29, 0.717) is 17.3 Å². The van der Waals surface area contributed by atoms with Gasteiger partial charge in [0.25, 0.3) is 0 Å². The van der Waals surface area contributed by atoms with E-state index < -0.39 is 11.7 Å². The van der Waals surface area contributed by atoms with Gasteiger partial charge >= 0.3 is 6.18 Å². The van der Waals surface area contributed by atoms with Crippen LogP contribution in [0.15, 0.2) is 18.2 Å². The smallest absolute Gasteiger partial charge is 0.192 e. The van der Waals surface area contributed by atoms with Crippen molar-refractivity contribution in [1.82, 2.24) is 0 Å². The summed E-state index contributed by atoms with van der Waals surface area (Å²) < 4.78 is 37.2. The summed E-state index contributed by atoms with van der Waals surface area (Å²) in [5.41, 5.74) is -0.212. The van der Waals surface area contributed by atoms with Crippen LogP contribution >= 0.6 is 15.9 Å². The summed E-state index contributed by atoms with van der Waals surface area (Å²) in [4.78, 5) is 0. The summed E-state index contributed by atoms with van der Waals surface area (Å²) in [7, 11) is 0. The molecule has 1 aromatic rings. The lowest BCUT2D eigenvalue weighted by atomic mass is 10.0. The number of halogens is 4. The van der Waals surface area contributed by atoms with Gasteiger partial charge in [0.2, 0.25) is 0 Å². The molecule has 0 aromatic heterocycles. The minimum atomic E-state index is -4.39. The van der Waals surface area contributed by atoms with Crippen molar-refractivity contribution in [1.29, 1.82) is 5.26 Å². The molecule has 0 bridgehead atoms. The van der Waals surface area contributed by atoms with E-state index in [1.165, 1.54) is 6.07 Å². The number of rotatable bonds is 2. The Kier molecular flexibility index (Phi) is 3.75. The molecule has 0 aliphatic rings. The molecular formula is C10H7BrF3N. The van der Waals surface area contributed by atoms with Crippen molar-refractivity contribution in [2.24, 2.45) is 0 Å². The zero-order chi connectivity index (χ0) is 11.5. The first kappa shape index (κ1) is 12.1. The van der Waals surface area contributed by atoms with E-state index in [4.69, 9.17) is 5.26 Å². The Bertz CT molecular complexity index is 393. The third-order valence-electron chi connectivity index (χ3n) is 1.83. The molecule has 15 heavy (non-hydrogen) atoms. The first-order valence-corrected chi connectivity index (χ1v) is 5.26. The number of nitriles is 1. The molecule has 0 radical (unpaired) electrons. The van der Waals surface area contributed by atoms with E-state index in [1.54, 1.807) is 6.07 Å². The quantitative estimate of drug-likeness (QED) is 0.759. The highest BCUT2D eigenvalue weighted by atomic mass is 79.9. The van der Waals surface area contributed by atoms with Gasteiger partial charge in [0.1, 0.15) is 0 Å². The topological polar surface area (TPSA) is 23.8 Å². The Morgan fingerprint density at radius 2 is 1.93 bits per heavy atom. The van der Waals surface area contributed by atoms with E-state index in [0.717, 1.165) is 12.1 Å². The number of hydrogen-bond donors (Lipinski definition) is 0. The van der Waals surface area contributed by atoms with Crippen molar-refractivity contribution in [3.8, 4) is 6.07 Å². The maximum Gasteiger partial charge on any atom is 0.416 e. The van der Waals surface area contributed by atoms with Crippen LogP contribution in [0.1, 0.15) is 16.7 Å². The normalized spacial score (nSPS) is 11.1. The van der Waals surface area contributed by atoms with Gasteiger partial charge in [0.15, 0.2) is 0 Å². The van der Waals surface area contributed by atoms with Gasteiger partial charge in [-0.2, -0.15) is 18.4 Å². The van der Waals surface area contributed by atoms with Crippen molar-refractivity contribution >= 4 is 15.9 Å². The Hall–Kier alpha value is -1.02. The minimum Gasteiger partial charge on any atom is -0.192 e. The second-order valence-electron chi connectivity index (χ2n) is 2.97. The maximum atomic E-state index is 12.4. The predicted octanol–water partition coefficient (Wildman–Crippen LogP) is 3.51. The summed E-state index contributed by atoms with van der Waals surface area (Å²) in [6, 6.07) is 5.12. The largest absolute Gasteiger partial charge is 0.416 e. The standard InChI is InChI=1S/C10H7BrF3N/c11-2-1-7-3-8(6-15)5-9(4-7)10(12,13)14/h3-5H,1-2H2. The molecule has 5 heteroatoms. The number of aryl methyl sites for hydroxylation is 1. The lowest BCUT2D eigenvalue weighted by Gasteiger charge is -2.08. The van der Waals surface area contributed by atoms with Crippen molar-refractivity contribution in [2.75, 3.05) is 5.33 Å². The Balaban J connectivity index is 3.19. The molecule has 0 spiro atoms. The first-order chi connectivity index (χ1) is 6.97. The average Bonchev–Trinajstić information content (AvgIpc) is 2.16. The van der Waals surface area contributed by atoms with Gasteiger partial charge in [-0.15, -0.1) is 0 Å². The average molecular weight is 278 g/mol. The van der Waals surface area contributed by atoms with Crippen LogP contribution in [-0.4, -0.2) is 5.33 Å². The monoisotopic (exact) mass is 277 g/mol. The molecule has 1 rings (SSSR count). The van der Waals surface area contributed by atoms with E-state index in [-0.39, 0.29) is 5.56 Å². The van der Waals surface area contributed by atoms with Crippen LogP contribution in [0.25, 0.3) is 0 Å². The van der Waals surface area contributed by atoms with Gasteiger partial charge in [-0.1, -0.05) is 15.9 Å². The summed E-state index contributed by atoms with van der Waals surface area (Å²) in [6.07, 6.45) is -3.92. The van der Waals surface area contributed by atoms with Crippen molar-refractivity contribution < 1.29 is 13.2 Å². The van der Waals surface area contributed by atoms with Gasteiger partial charge in [-0.25, -0.2) is 0 Å². The van der Waals surface area contributed by atoms with Crippen LogP contribution in [0.4, 0.5) is 13.2 Å². The highest BCUT2D eigenvalue weighted by Gasteiger charge is 2.31. The molecule has 0 amide bonds. The molecule has 0 saturated heterocycles. The second-order valence-corrected chi connectivity index (χ2v) is 3.76. The first-order valence-electron chi connectivity index (χ1n) is 4.14. The maximum absolute atomic E-state index is 12.4. The lowest BCUT2D eigenvalue weighted by molar-refractivity contribution is -0.137. The van der Waals surface area contributed by atoms with E-state index in [9.17, 15) is 13.2 Å². The van der Waals surface area contributed by atoms with Crippen LogP contribution in [-0.2, 0) is 12.6 Å². The summed E-state index contributed by atoms with van der Waals surface area (Å²) in [5, 5.41) is 9.16. The van der Waals surface area contributed by atoms with Crippen LogP contribution in [0, 0.1) is 11.3 Å². The van der Waals surface area contributed by atoms with Crippen LogP contribution in [0.2, 0.25) is 0 Å². The fourth-order valence-electron chi connectivity index (χ4n) is 1.17. The van der Waals surface area contributed by atoms with Crippen LogP contribution < -0.4 is 0 Å². The molecule has 0 unspecified atom stereocenters. The lowest BCUT2D eigenvalue weighted by Crippen LogP contribution is -2.06. The second kappa shape index (κ2) is 4.67. The molecule has 1 nitrogen and oxygen atoms in total. The van der Waals surface area contributed by atoms with Crippen LogP contribution in [0.5, 0.6) is 0 Å². The third-order valence-corrected chi connectivity index (χ3v) is 2.23. The van der Waals surface area contributed by atoms with Gasteiger partial charge in [-0.3, -0.25) is 0 Å². The Morgan fingerprint density at radius 3 is 2.40 bits per heavy atom. The molecule has 0 heterocycles. The number of hydrogen-bond acceptors (Lipinski definition) is 1. The summed E-state index contributed by atoms with van der Waals surface area (Å²) in [5.74, 6) is 0. The minimum absolute atomic E-state index is 0.0424. The van der Waals surface area contributed by atoms with Crippen molar-refractivity contribution in [2.45, 2.75) is 12.6 Å². The van der Waals surface area contributed by atoms with E-state index in [2.05, 4.69) is 15.9 Å². The molecule has 1 aromatic carbocycles. The Morgan fingerprint density at radius 1 is 1.27 bits per heavy atom. The molecule has 0 atom stereocenters. The fraction of sp³-hybridized carbons (Fsp3) is 0.300. The zero-order valence-electron chi connectivity index (χ0n) is 7.61. The van der Waals surface area contributed by atoms with Gasteiger partial charge in [-0.05, 0) is 30.2 Å². The van der Waals surface area contributed by atoms with E-state index in [1.807, 2.05) is 0 Å². The zero-order valence-corrected chi connectivity index (χ0v) is 9.19. The molecule has 0 aliphatic carbocycles. The highest BCUT2D eigenvalue weighted by molar-refractivity contribution is 9.09. The summed E-state index contributed by atoms with van der Waals surface area (Å²) >= 11 is 3.14. The molecule has 0 aliphatic heterocycles. The van der Waals surface area contributed by atoms with Crippen molar-refractivity contribution in [3.05, 3.63) is 34.9 Å². The molecule has 0 N–H and O–H groups in total. The van der Waals surface area contributed by atoms with Crippen molar-refractivity contribution in [3.63, 3.8) is 0 Å². The number of nitrogens with zero attached hydrogens (tertiary/aromatic N) is 1. The number of alkyl halides is 4. The van der Waals surface area contributed by atoms with E-state index >= 15 is 0 Å². The molecular weight excluding hydrogens is 271 g/mol. The van der Waals surface area contributed by atoms with Gasteiger partial charge in [0, 0.05) is 5.33 Å². The SMILES string of the molecule is N#Cc1cc(CCBr)cc(C(F)(F)F)c1. The molecule has 0 saturated carbocycles. The summed E-state index contributed by atoms with van der Waals surface area (Å²) in [6.45, 7) is 0. The third kappa shape index (κ3) is 3.24. The Labute approximate surface area is 93.6 Å². The van der Waals surface area contributed by atoms with Crippen LogP contribution in [0.3, 0.4) is 0 Å². The molecule has 0 fully saturated rings.